The van der Waals surface area contributed by atoms with E-state index in [0.717, 1.165) is 17.7 Å². The summed E-state index contributed by atoms with van der Waals surface area (Å²) in [5.74, 6) is -0.0106. The van der Waals surface area contributed by atoms with Gasteiger partial charge >= 0.3 is 0 Å². The molecule has 5 nitrogen and oxygen atoms in total. The predicted molar refractivity (Wildman–Crippen MR) is 80.9 cm³/mol. The molecule has 1 atom stereocenters. The van der Waals surface area contributed by atoms with Crippen LogP contribution in [0.2, 0.25) is 0 Å². The van der Waals surface area contributed by atoms with Crippen LogP contribution in [-0.4, -0.2) is 34.7 Å². The molecule has 0 aliphatic carbocycles. The smallest absolute Gasteiger partial charge is 0.216 e. The molecule has 1 unspecified atom stereocenters. The second kappa shape index (κ2) is 8.36. The first kappa shape index (κ1) is 17.1. The van der Waals surface area contributed by atoms with Gasteiger partial charge in [0.15, 0.2) is 0 Å². The summed E-state index contributed by atoms with van der Waals surface area (Å²) in [4.78, 5) is 0. The molecule has 0 aromatic heterocycles. The molecule has 0 bridgehead atoms. The maximum atomic E-state index is 12.0. The second-order valence-corrected chi connectivity index (χ2v) is 6.54. The summed E-state index contributed by atoms with van der Waals surface area (Å²) < 4.78 is 31.8. The Labute approximate surface area is 121 Å². The topological polar surface area (TPSA) is 67.4 Å². The van der Waals surface area contributed by atoms with Crippen LogP contribution in [0.3, 0.4) is 0 Å². The molecule has 0 radical (unpaired) electrons. The van der Waals surface area contributed by atoms with Crippen molar-refractivity contribution < 1.29 is 13.2 Å². The van der Waals surface area contributed by atoms with E-state index in [0.29, 0.717) is 13.2 Å². The number of hydrogen-bond donors (Lipinski definition) is 2. The van der Waals surface area contributed by atoms with Crippen LogP contribution < -0.4 is 10.0 Å². The monoisotopic (exact) mass is 300 g/mol. The van der Waals surface area contributed by atoms with Crippen molar-refractivity contribution in [2.75, 3.05) is 20.3 Å². The van der Waals surface area contributed by atoms with Crippen molar-refractivity contribution >= 4 is 10.0 Å². The summed E-state index contributed by atoms with van der Waals surface area (Å²) in [6.45, 7) is 5.42. The SMILES string of the molecule is CCOCC(C)NS(=O)(=O)Cc1ccc(CNC)cc1. The third-order valence-electron chi connectivity index (χ3n) is 2.71. The molecule has 0 saturated heterocycles. The van der Waals surface area contributed by atoms with E-state index in [4.69, 9.17) is 4.74 Å². The average molecular weight is 300 g/mol. The zero-order chi connectivity index (χ0) is 15.0. The summed E-state index contributed by atoms with van der Waals surface area (Å²) in [5.41, 5.74) is 1.91. The van der Waals surface area contributed by atoms with Gasteiger partial charge in [-0.3, -0.25) is 0 Å². The van der Waals surface area contributed by atoms with E-state index in [2.05, 4.69) is 10.0 Å². The highest BCUT2D eigenvalue weighted by molar-refractivity contribution is 7.88. The molecule has 1 rings (SSSR count). The first-order chi connectivity index (χ1) is 9.46. The van der Waals surface area contributed by atoms with E-state index in [1.54, 1.807) is 6.92 Å². The third-order valence-corrected chi connectivity index (χ3v) is 4.19. The van der Waals surface area contributed by atoms with Crippen LogP contribution in [0.25, 0.3) is 0 Å². The van der Waals surface area contributed by atoms with Crippen LogP contribution >= 0.6 is 0 Å². The molecule has 1 aromatic carbocycles. The number of ether oxygens (including phenoxy) is 1. The van der Waals surface area contributed by atoms with Crippen molar-refractivity contribution in [2.45, 2.75) is 32.2 Å². The van der Waals surface area contributed by atoms with Crippen LogP contribution in [0.4, 0.5) is 0 Å². The molecule has 0 spiro atoms. The highest BCUT2D eigenvalue weighted by atomic mass is 32.2. The van der Waals surface area contributed by atoms with E-state index in [1.165, 1.54) is 0 Å². The van der Waals surface area contributed by atoms with E-state index in [9.17, 15) is 8.42 Å². The molecule has 0 aliphatic rings. The van der Waals surface area contributed by atoms with Gasteiger partial charge in [0.05, 0.1) is 12.4 Å². The van der Waals surface area contributed by atoms with Gasteiger partial charge in [0.2, 0.25) is 10.0 Å². The maximum absolute atomic E-state index is 12.0. The summed E-state index contributed by atoms with van der Waals surface area (Å²) in [5, 5.41) is 3.05. The van der Waals surface area contributed by atoms with E-state index < -0.39 is 10.0 Å². The van der Waals surface area contributed by atoms with E-state index >= 15 is 0 Å². The summed E-state index contributed by atoms with van der Waals surface area (Å²) >= 11 is 0. The summed E-state index contributed by atoms with van der Waals surface area (Å²) in [7, 11) is -1.46. The zero-order valence-electron chi connectivity index (χ0n) is 12.3. The number of hydrogen-bond acceptors (Lipinski definition) is 4. The van der Waals surface area contributed by atoms with Gasteiger partial charge in [-0.2, -0.15) is 0 Å². The maximum Gasteiger partial charge on any atom is 0.216 e. The number of nitrogens with one attached hydrogen (secondary N) is 2. The molecule has 0 fully saturated rings. The Balaban J connectivity index is 2.57. The molecule has 0 amide bonds. The molecule has 1 aromatic rings. The minimum absolute atomic E-state index is 0.0106. The van der Waals surface area contributed by atoms with E-state index in [1.807, 2.05) is 38.2 Å². The Morgan fingerprint density at radius 2 is 1.80 bits per heavy atom. The Kier molecular flexibility index (Phi) is 7.15. The van der Waals surface area contributed by atoms with Crippen LogP contribution in [0.1, 0.15) is 25.0 Å². The Morgan fingerprint density at radius 3 is 2.35 bits per heavy atom. The minimum Gasteiger partial charge on any atom is -0.380 e. The quantitative estimate of drug-likeness (QED) is 0.720. The summed E-state index contributed by atoms with van der Waals surface area (Å²) in [6, 6.07) is 7.34. The molecule has 0 aliphatic heterocycles. The molecule has 6 heteroatoms. The van der Waals surface area contributed by atoms with Crippen LogP contribution in [-0.2, 0) is 27.1 Å². The van der Waals surface area contributed by atoms with Crippen molar-refractivity contribution in [3.63, 3.8) is 0 Å². The van der Waals surface area contributed by atoms with Crippen molar-refractivity contribution in [3.05, 3.63) is 35.4 Å². The highest BCUT2D eigenvalue weighted by Gasteiger charge is 2.15. The zero-order valence-corrected chi connectivity index (χ0v) is 13.2. The lowest BCUT2D eigenvalue weighted by atomic mass is 10.1. The molecular weight excluding hydrogens is 276 g/mol. The Hall–Kier alpha value is -0.950. The fourth-order valence-electron chi connectivity index (χ4n) is 1.85. The van der Waals surface area contributed by atoms with Crippen molar-refractivity contribution in [1.29, 1.82) is 0 Å². The molecule has 0 saturated carbocycles. The lowest BCUT2D eigenvalue weighted by molar-refractivity contribution is 0.133. The average Bonchev–Trinajstić information content (AvgIpc) is 2.38. The van der Waals surface area contributed by atoms with Gasteiger partial charge in [0.25, 0.3) is 0 Å². The number of sulfonamides is 1. The van der Waals surface area contributed by atoms with Crippen LogP contribution in [0.15, 0.2) is 24.3 Å². The molecule has 0 heterocycles. The second-order valence-electron chi connectivity index (χ2n) is 4.78. The van der Waals surface area contributed by atoms with Gasteiger partial charge < -0.3 is 10.1 Å². The lowest BCUT2D eigenvalue weighted by Gasteiger charge is -2.14. The summed E-state index contributed by atoms with van der Waals surface area (Å²) in [6.07, 6.45) is 0. The van der Waals surface area contributed by atoms with Gasteiger partial charge in [-0.05, 0) is 32.0 Å². The predicted octanol–water partition coefficient (Wildman–Crippen LogP) is 1.25. The lowest BCUT2D eigenvalue weighted by Crippen LogP contribution is -2.36. The van der Waals surface area contributed by atoms with Crippen molar-refractivity contribution in [2.24, 2.45) is 0 Å². The van der Waals surface area contributed by atoms with Gasteiger partial charge in [-0.1, -0.05) is 24.3 Å². The standard InChI is InChI=1S/C14H24N2O3S/c1-4-19-10-12(2)16-20(17,18)11-14-7-5-13(6-8-14)9-15-3/h5-8,12,15-16H,4,9-11H2,1-3H3. The molecule has 114 valence electrons. The molecular formula is C14H24N2O3S. The van der Waals surface area contributed by atoms with Crippen molar-refractivity contribution in [3.8, 4) is 0 Å². The highest BCUT2D eigenvalue weighted by Crippen LogP contribution is 2.08. The Bertz CT molecular complexity index is 486. The Morgan fingerprint density at radius 1 is 1.20 bits per heavy atom. The molecule has 20 heavy (non-hydrogen) atoms. The fourth-order valence-corrected chi connectivity index (χ4v) is 3.25. The van der Waals surface area contributed by atoms with Gasteiger partial charge in [-0.25, -0.2) is 13.1 Å². The van der Waals surface area contributed by atoms with Crippen LogP contribution in [0.5, 0.6) is 0 Å². The third kappa shape index (κ3) is 6.47. The van der Waals surface area contributed by atoms with Gasteiger partial charge in [-0.15, -0.1) is 0 Å². The van der Waals surface area contributed by atoms with Crippen LogP contribution in [0, 0.1) is 0 Å². The fraction of sp³-hybridized carbons (Fsp3) is 0.571. The first-order valence-electron chi connectivity index (χ1n) is 6.77. The van der Waals surface area contributed by atoms with Gasteiger partial charge in [0.1, 0.15) is 0 Å². The number of benzene rings is 1. The minimum atomic E-state index is -3.34. The largest absolute Gasteiger partial charge is 0.380 e. The number of rotatable bonds is 9. The van der Waals surface area contributed by atoms with E-state index in [-0.39, 0.29) is 11.8 Å². The van der Waals surface area contributed by atoms with Crippen molar-refractivity contribution in [1.82, 2.24) is 10.0 Å². The first-order valence-corrected chi connectivity index (χ1v) is 8.42. The van der Waals surface area contributed by atoms with Gasteiger partial charge in [0, 0.05) is 19.2 Å². The normalized spacial score (nSPS) is 13.3. The molecule has 2 N–H and O–H groups in total.